The summed E-state index contributed by atoms with van der Waals surface area (Å²) in [4.78, 5) is 3.87. The van der Waals surface area contributed by atoms with Crippen LogP contribution < -0.4 is 5.73 Å². The third kappa shape index (κ3) is 2.04. The lowest BCUT2D eigenvalue weighted by Crippen LogP contribution is -2.16. The molecule has 1 aromatic heterocycles. The van der Waals surface area contributed by atoms with Crippen LogP contribution in [0.4, 0.5) is 5.95 Å². The van der Waals surface area contributed by atoms with Gasteiger partial charge in [-0.05, 0) is 11.8 Å². The van der Waals surface area contributed by atoms with Crippen LogP contribution >= 0.6 is 0 Å². The van der Waals surface area contributed by atoms with Gasteiger partial charge in [0.05, 0.1) is 19.3 Å². The zero-order valence-corrected chi connectivity index (χ0v) is 8.60. The Morgan fingerprint density at radius 1 is 1.71 bits per heavy atom. The first-order valence-corrected chi connectivity index (χ1v) is 4.82. The Balaban J connectivity index is 1.94. The van der Waals surface area contributed by atoms with E-state index in [2.05, 4.69) is 23.9 Å². The Kier molecular flexibility index (Phi) is 2.19. The van der Waals surface area contributed by atoms with Gasteiger partial charge in [0.1, 0.15) is 6.33 Å². The molecule has 0 bridgehead atoms. The highest BCUT2D eigenvalue weighted by atomic mass is 16.5. The summed E-state index contributed by atoms with van der Waals surface area (Å²) in [6, 6.07) is 0. The Bertz CT molecular complexity index is 320. The normalized spacial score (nSPS) is 25.4. The van der Waals surface area contributed by atoms with Crippen molar-refractivity contribution in [1.82, 2.24) is 14.8 Å². The van der Waals surface area contributed by atoms with E-state index in [9.17, 15) is 0 Å². The van der Waals surface area contributed by atoms with Crippen molar-refractivity contribution >= 4 is 5.95 Å². The maximum Gasteiger partial charge on any atom is 0.239 e. The van der Waals surface area contributed by atoms with Crippen molar-refractivity contribution in [3.05, 3.63) is 6.33 Å². The highest BCUT2D eigenvalue weighted by Crippen LogP contribution is 2.31. The summed E-state index contributed by atoms with van der Waals surface area (Å²) in [6.07, 6.45) is 2.95. The molecule has 1 unspecified atom stereocenters. The van der Waals surface area contributed by atoms with Crippen molar-refractivity contribution in [1.29, 1.82) is 0 Å². The predicted molar refractivity (Wildman–Crippen MR) is 52.6 cm³/mol. The third-order valence-corrected chi connectivity index (χ3v) is 2.43. The number of nitrogen functional groups attached to an aromatic ring is 1. The summed E-state index contributed by atoms with van der Waals surface area (Å²) >= 11 is 0. The molecule has 0 amide bonds. The summed E-state index contributed by atoms with van der Waals surface area (Å²) in [5.41, 5.74) is 5.71. The van der Waals surface area contributed by atoms with Gasteiger partial charge in [-0.15, -0.1) is 5.10 Å². The number of ether oxygens (including phenoxy) is 1. The average molecular weight is 196 g/mol. The Morgan fingerprint density at radius 2 is 2.50 bits per heavy atom. The van der Waals surface area contributed by atoms with Crippen molar-refractivity contribution in [2.75, 3.05) is 12.3 Å². The third-order valence-electron chi connectivity index (χ3n) is 2.43. The highest BCUT2D eigenvalue weighted by molar-refractivity contribution is 5.09. The van der Waals surface area contributed by atoms with Gasteiger partial charge in [0.25, 0.3) is 0 Å². The molecule has 0 spiro atoms. The topological polar surface area (TPSA) is 66.0 Å². The van der Waals surface area contributed by atoms with E-state index in [4.69, 9.17) is 10.5 Å². The van der Waals surface area contributed by atoms with Gasteiger partial charge in [0.2, 0.25) is 5.95 Å². The van der Waals surface area contributed by atoms with Crippen molar-refractivity contribution in [3.8, 4) is 0 Å². The van der Waals surface area contributed by atoms with Gasteiger partial charge < -0.3 is 10.5 Å². The maximum atomic E-state index is 5.65. The van der Waals surface area contributed by atoms with E-state index in [0.29, 0.717) is 5.95 Å². The molecule has 1 aliphatic rings. The van der Waals surface area contributed by atoms with Crippen LogP contribution in [0.5, 0.6) is 0 Å². The molecule has 0 aromatic carbocycles. The van der Waals surface area contributed by atoms with Crippen molar-refractivity contribution < 1.29 is 4.74 Å². The first-order valence-electron chi connectivity index (χ1n) is 4.82. The molecule has 1 aliphatic heterocycles. The van der Waals surface area contributed by atoms with E-state index in [1.54, 1.807) is 11.0 Å². The van der Waals surface area contributed by atoms with Crippen LogP contribution in [-0.2, 0) is 11.3 Å². The maximum absolute atomic E-state index is 5.65. The van der Waals surface area contributed by atoms with Crippen LogP contribution in [-0.4, -0.2) is 27.5 Å². The first-order chi connectivity index (χ1) is 6.55. The molecule has 0 radical (unpaired) electrons. The number of anilines is 1. The fraction of sp³-hybridized carbons (Fsp3) is 0.778. The largest absolute Gasteiger partial charge is 0.376 e. The van der Waals surface area contributed by atoms with E-state index >= 15 is 0 Å². The monoisotopic (exact) mass is 196 g/mol. The lowest BCUT2D eigenvalue weighted by molar-refractivity contribution is 0.0852. The molecule has 2 heterocycles. The predicted octanol–water partition coefficient (Wildman–Crippen LogP) is 0.675. The lowest BCUT2D eigenvalue weighted by atomic mass is 9.91. The molecule has 14 heavy (non-hydrogen) atoms. The molecule has 5 heteroatoms. The van der Waals surface area contributed by atoms with Gasteiger partial charge in [0, 0.05) is 0 Å². The van der Waals surface area contributed by atoms with Crippen LogP contribution in [0.25, 0.3) is 0 Å². The second-order valence-corrected chi connectivity index (χ2v) is 4.63. The number of nitrogens with zero attached hydrogens (tertiary/aromatic N) is 3. The zero-order chi connectivity index (χ0) is 10.2. The van der Waals surface area contributed by atoms with Crippen molar-refractivity contribution in [2.24, 2.45) is 5.41 Å². The average Bonchev–Trinajstić information content (AvgIpc) is 2.59. The fourth-order valence-corrected chi connectivity index (χ4v) is 1.80. The minimum absolute atomic E-state index is 0.242. The SMILES string of the molecule is CC1(C)COC(Cn2cnc(N)n2)C1. The first kappa shape index (κ1) is 9.45. The lowest BCUT2D eigenvalue weighted by Gasteiger charge is -2.13. The molecule has 1 atom stereocenters. The second kappa shape index (κ2) is 3.24. The summed E-state index contributed by atoms with van der Waals surface area (Å²) in [7, 11) is 0. The second-order valence-electron chi connectivity index (χ2n) is 4.63. The molecular weight excluding hydrogens is 180 g/mol. The fourth-order valence-electron chi connectivity index (χ4n) is 1.80. The summed E-state index contributed by atoms with van der Waals surface area (Å²) < 4.78 is 7.39. The summed E-state index contributed by atoms with van der Waals surface area (Å²) in [5.74, 6) is 0.322. The van der Waals surface area contributed by atoms with Gasteiger partial charge >= 0.3 is 0 Å². The van der Waals surface area contributed by atoms with Crippen molar-refractivity contribution in [2.45, 2.75) is 32.9 Å². The van der Waals surface area contributed by atoms with E-state index in [1.165, 1.54) is 0 Å². The van der Waals surface area contributed by atoms with Crippen LogP contribution in [0.15, 0.2) is 6.33 Å². The summed E-state index contributed by atoms with van der Waals surface area (Å²) in [6.45, 7) is 5.99. The van der Waals surface area contributed by atoms with Gasteiger partial charge in [-0.2, -0.15) is 0 Å². The van der Waals surface area contributed by atoms with Crippen LogP contribution in [0.1, 0.15) is 20.3 Å². The standard InChI is InChI=1S/C9H16N4O/c1-9(2)3-7(14-5-9)4-13-6-11-8(10)12-13/h6-7H,3-5H2,1-2H3,(H2,10,12). The number of hydrogen-bond donors (Lipinski definition) is 1. The highest BCUT2D eigenvalue weighted by Gasteiger charge is 2.32. The number of aromatic nitrogens is 3. The van der Waals surface area contributed by atoms with Gasteiger partial charge in [-0.3, -0.25) is 0 Å². The van der Waals surface area contributed by atoms with Crippen LogP contribution in [0.3, 0.4) is 0 Å². The molecule has 1 aromatic rings. The van der Waals surface area contributed by atoms with Crippen LogP contribution in [0, 0.1) is 5.41 Å². The minimum Gasteiger partial charge on any atom is -0.376 e. The smallest absolute Gasteiger partial charge is 0.239 e. The van der Waals surface area contributed by atoms with Crippen LogP contribution in [0.2, 0.25) is 0 Å². The van der Waals surface area contributed by atoms with E-state index in [1.807, 2.05) is 0 Å². The van der Waals surface area contributed by atoms with E-state index < -0.39 is 0 Å². The van der Waals surface area contributed by atoms with E-state index in [0.717, 1.165) is 19.6 Å². The molecule has 1 fully saturated rings. The molecule has 5 nitrogen and oxygen atoms in total. The zero-order valence-electron chi connectivity index (χ0n) is 8.60. The van der Waals surface area contributed by atoms with Crippen molar-refractivity contribution in [3.63, 3.8) is 0 Å². The summed E-state index contributed by atoms with van der Waals surface area (Å²) in [5, 5.41) is 4.03. The Morgan fingerprint density at radius 3 is 3.00 bits per heavy atom. The molecule has 78 valence electrons. The Hall–Kier alpha value is -1.10. The number of rotatable bonds is 2. The molecule has 2 N–H and O–H groups in total. The van der Waals surface area contributed by atoms with Gasteiger partial charge in [-0.25, -0.2) is 9.67 Å². The molecule has 0 aliphatic carbocycles. The number of hydrogen-bond acceptors (Lipinski definition) is 4. The molecule has 0 saturated carbocycles. The molecule has 1 saturated heterocycles. The quantitative estimate of drug-likeness (QED) is 0.755. The van der Waals surface area contributed by atoms with Gasteiger partial charge in [-0.1, -0.05) is 13.8 Å². The Labute approximate surface area is 83.3 Å². The molecular formula is C9H16N4O. The van der Waals surface area contributed by atoms with E-state index in [-0.39, 0.29) is 11.5 Å². The minimum atomic E-state index is 0.242. The van der Waals surface area contributed by atoms with Gasteiger partial charge in [0.15, 0.2) is 0 Å². The number of nitrogens with two attached hydrogens (primary N) is 1. The molecule has 2 rings (SSSR count).